The summed E-state index contributed by atoms with van der Waals surface area (Å²) in [5, 5.41) is 0. The van der Waals surface area contributed by atoms with E-state index in [0.29, 0.717) is 5.52 Å². The van der Waals surface area contributed by atoms with Crippen LogP contribution >= 0.6 is 11.3 Å². The summed E-state index contributed by atoms with van der Waals surface area (Å²) in [5.74, 6) is 4.89. The molecule has 0 bridgehead atoms. The molecule has 0 saturated carbocycles. The van der Waals surface area contributed by atoms with E-state index in [1.54, 1.807) is 17.0 Å². The molecular weight excluding hydrogens is 222 g/mol. The third-order valence-corrected chi connectivity index (χ3v) is 4.26. The highest BCUT2D eigenvalue weighted by molar-refractivity contribution is 7.91. The Morgan fingerprint density at radius 3 is 2.71 bits per heavy atom. The molecule has 5 nitrogen and oxygen atoms in total. The molecule has 0 amide bonds. The van der Waals surface area contributed by atoms with Crippen LogP contribution in [-0.4, -0.2) is 13.4 Å². The molecule has 14 heavy (non-hydrogen) atoms. The van der Waals surface area contributed by atoms with Crippen LogP contribution in [-0.2, 0) is 10.0 Å². The van der Waals surface area contributed by atoms with E-state index in [2.05, 4.69) is 4.98 Å². The fourth-order valence-corrected chi connectivity index (χ4v) is 2.89. The summed E-state index contributed by atoms with van der Waals surface area (Å²) in [6.45, 7) is 0. The Labute approximate surface area is 84.6 Å². The third kappa shape index (κ3) is 1.50. The van der Waals surface area contributed by atoms with Crippen molar-refractivity contribution in [1.82, 2.24) is 9.82 Å². The quantitative estimate of drug-likeness (QED) is 0.578. The van der Waals surface area contributed by atoms with Crippen LogP contribution in [0, 0.1) is 0 Å². The number of aromatic nitrogens is 1. The van der Waals surface area contributed by atoms with Crippen molar-refractivity contribution in [1.29, 1.82) is 0 Å². The van der Waals surface area contributed by atoms with Gasteiger partial charge < -0.3 is 0 Å². The molecule has 0 aliphatic heterocycles. The molecule has 2 rings (SSSR count). The minimum atomic E-state index is -3.62. The van der Waals surface area contributed by atoms with Crippen LogP contribution in [0.25, 0.3) is 10.2 Å². The van der Waals surface area contributed by atoms with E-state index in [0.717, 1.165) is 16.0 Å². The highest BCUT2D eigenvalue weighted by Crippen LogP contribution is 2.24. The number of para-hydroxylation sites is 1. The minimum Gasteiger partial charge on any atom is -0.257 e. The number of nitrogens with one attached hydrogen (secondary N) is 1. The Morgan fingerprint density at radius 1 is 1.36 bits per heavy atom. The molecule has 2 aromatic rings. The number of sulfonamides is 1. The van der Waals surface area contributed by atoms with Crippen molar-refractivity contribution < 1.29 is 8.42 Å². The van der Waals surface area contributed by atoms with Crippen LogP contribution in [0.15, 0.2) is 28.6 Å². The third-order valence-electron chi connectivity index (χ3n) is 1.66. The zero-order valence-electron chi connectivity index (χ0n) is 6.97. The van der Waals surface area contributed by atoms with Crippen molar-refractivity contribution in [3.05, 3.63) is 24.3 Å². The van der Waals surface area contributed by atoms with E-state index < -0.39 is 10.0 Å². The maximum Gasteiger partial charge on any atom is 0.280 e. The van der Waals surface area contributed by atoms with Gasteiger partial charge in [-0.1, -0.05) is 12.1 Å². The topological polar surface area (TPSA) is 85.1 Å². The summed E-state index contributed by atoms with van der Waals surface area (Å²) in [4.78, 5) is 5.68. The second kappa shape index (κ2) is 3.28. The Balaban J connectivity index is 2.67. The molecule has 0 radical (unpaired) electrons. The zero-order chi connectivity index (χ0) is 10.2. The normalized spacial score (nSPS) is 12.1. The summed E-state index contributed by atoms with van der Waals surface area (Å²) in [7, 11) is -3.62. The maximum absolute atomic E-state index is 11.3. The smallest absolute Gasteiger partial charge is 0.257 e. The highest BCUT2D eigenvalue weighted by atomic mass is 32.2. The van der Waals surface area contributed by atoms with Crippen molar-refractivity contribution in [3.8, 4) is 0 Å². The molecule has 0 spiro atoms. The van der Waals surface area contributed by atoms with Gasteiger partial charge >= 0.3 is 0 Å². The van der Waals surface area contributed by atoms with Gasteiger partial charge in [0.2, 0.25) is 4.34 Å². The molecule has 0 fully saturated rings. The van der Waals surface area contributed by atoms with E-state index in [4.69, 9.17) is 5.84 Å². The number of thiazole rings is 1. The van der Waals surface area contributed by atoms with Gasteiger partial charge in [-0.05, 0) is 12.1 Å². The highest BCUT2D eigenvalue weighted by Gasteiger charge is 2.16. The lowest BCUT2D eigenvalue weighted by Gasteiger charge is -1.93. The average Bonchev–Trinajstić information content (AvgIpc) is 2.61. The SMILES string of the molecule is NNS(=O)(=O)c1nc2ccccc2s1. The van der Waals surface area contributed by atoms with E-state index >= 15 is 0 Å². The first kappa shape index (κ1) is 9.53. The number of rotatable bonds is 2. The molecule has 0 unspecified atom stereocenters. The fraction of sp³-hybridized carbons (Fsp3) is 0. The Bertz CT molecular complexity index is 528. The Hall–Kier alpha value is -1.02. The molecule has 1 aromatic carbocycles. The fourth-order valence-electron chi connectivity index (χ4n) is 1.02. The monoisotopic (exact) mass is 229 g/mol. The van der Waals surface area contributed by atoms with Crippen molar-refractivity contribution in [3.63, 3.8) is 0 Å². The first-order chi connectivity index (χ1) is 6.63. The van der Waals surface area contributed by atoms with Crippen LogP contribution < -0.4 is 10.7 Å². The number of nitrogens with zero attached hydrogens (tertiary/aromatic N) is 1. The lowest BCUT2D eigenvalue weighted by molar-refractivity contribution is 0.583. The van der Waals surface area contributed by atoms with Gasteiger partial charge in [-0.15, -0.1) is 16.2 Å². The Kier molecular flexibility index (Phi) is 2.23. The average molecular weight is 229 g/mol. The van der Waals surface area contributed by atoms with Gasteiger partial charge in [-0.3, -0.25) is 5.84 Å². The minimum absolute atomic E-state index is 0.0128. The van der Waals surface area contributed by atoms with Gasteiger partial charge in [0.05, 0.1) is 10.2 Å². The first-order valence-electron chi connectivity index (χ1n) is 3.71. The van der Waals surface area contributed by atoms with Crippen molar-refractivity contribution >= 4 is 31.6 Å². The molecule has 0 aliphatic carbocycles. The molecule has 0 aliphatic rings. The van der Waals surface area contributed by atoms with Gasteiger partial charge in [-0.2, -0.15) is 0 Å². The van der Waals surface area contributed by atoms with Crippen LogP contribution in [0.2, 0.25) is 0 Å². The molecule has 0 saturated heterocycles. The van der Waals surface area contributed by atoms with Crippen LogP contribution in [0.5, 0.6) is 0 Å². The number of hydrogen-bond acceptors (Lipinski definition) is 5. The molecule has 7 heteroatoms. The zero-order valence-corrected chi connectivity index (χ0v) is 8.60. The van der Waals surface area contributed by atoms with E-state index in [-0.39, 0.29) is 4.34 Å². The summed E-state index contributed by atoms with van der Waals surface area (Å²) in [6.07, 6.45) is 0. The molecular formula is C7H7N3O2S2. The van der Waals surface area contributed by atoms with Crippen LogP contribution in [0.1, 0.15) is 0 Å². The largest absolute Gasteiger partial charge is 0.280 e. The van der Waals surface area contributed by atoms with Crippen LogP contribution in [0.3, 0.4) is 0 Å². The van der Waals surface area contributed by atoms with E-state index in [9.17, 15) is 8.42 Å². The van der Waals surface area contributed by atoms with Crippen LogP contribution in [0.4, 0.5) is 0 Å². The predicted molar refractivity (Wildman–Crippen MR) is 54.1 cm³/mol. The van der Waals surface area contributed by atoms with Gasteiger partial charge in [0, 0.05) is 0 Å². The van der Waals surface area contributed by atoms with Gasteiger partial charge in [-0.25, -0.2) is 13.4 Å². The second-order valence-corrected chi connectivity index (χ2v) is 5.49. The van der Waals surface area contributed by atoms with E-state index in [1.165, 1.54) is 0 Å². The first-order valence-corrected chi connectivity index (χ1v) is 6.01. The van der Waals surface area contributed by atoms with Gasteiger partial charge in [0.15, 0.2) is 0 Å². The van der Waals surface area contributed by atoms with Crippen molar-refractivity contribution in [2.45, 2.75) is 4.34 Å². The molecule has 3 N–H and O–H groups in total. The molecule has 1 aromatic heterocycles. The summed E-state index contributed by atoms with van der Waals surface area (Å²) in [6, 6.07) is 7.19. The summed E-state index contributed by atoms with van der Waals surface area (Å²) < 4.78 is 23.4. The van der Waals surface area contributed by atoms with Crippen molar-refractivity contribution in [2.24, 2.45) is 5.84 Å². The molecule has 0 atom stereocenters. The standard InChI is InChI=1S/C7H7N3O2S2/c8-10-14(11,12)7-9-5-3-1-2-4-6(5)13-7/h1-4,10H,8H2. The number of benzene rings is 1. The lowest BCUT2D eigenvalue weighted by Crippen LogP contribution is -2.30. The van der Waals surface area contributed by atoms with Gasteiger partial charge in [0.1, 0.15) is 0 Å². The number of fused-ring (bicyclic) bond motifs is 1. The maximum atomic E-state index is 11.3. The summed E-state index contributed by atoms with van der Waals surface area (Å²) in [5.41, 5.74) is 0.659. The molecule has 1 heterocycles. The van der Waals surface area contributed by atoms with Crippen molar-refractivity contribution in [2.75, 3.05) is 0 Å². The van der Waals surface area contributed by atoms with E-state index in [1.807, 2.05) is 12.1 Å². The van der Waals surface area contributed by atoms with Gasteiger partial charge in [0.25, 0.3) is 10.0 Å². The predicted octanol–water partition coefficient (Wildman–Crippen LogP) is 0.448. The Morgan fingerprint density at radius 2 is 2.07 bits per heavy atom. The number of hydrogen-bond donors (Lipinski definition) is 2. The second-order valence-electron chi connectivity index (χ2n) is 2.57. The lowest BCUT2D eigenvalue weighted by atomic mass is 10.3. The number of hydrazine groups is 1. The molecule has 74 valence electrons. The number of nitrogens with two attached hydrogens (primary N) is 1. The summed E-state index contributed by atoms with van der Waals surface area (Å²) >= 11 is 1.09.